The topological polar surface area (TPSA) is 73.4 Å². The highest BCUT2D eigenvalue weighted by molar-refractivity contribution is 6.06. The van der Waals surface area contributed by atoms with Gasteiger partial charge in [-0.3, -0.25) is 4.79 Å². The number of hydrogen-bond donors (Lipinski definition) is 0. The van der Waals surface area contributed by atoms with Crippen molar-refractivity contribution in [2.75, 3.05) is 14.2 Å². The summed E-state index contributed by atoms with van der Waals surface area (Å²) >= 11 is 0. The lowest BCUT2D eigenvalue weighted by Crippen LogP contribution is -2.30. The van der Waals surface area contributed by atoms with E-state index in [1.54, 1.807) is 18.2 Å². The number of aryl methyl sites for hydroxylation is 2. The Balaban J connectivity index is 1.85. The Hall–Kier alpha value is -3.61. The minimum absolute atomic E-state index is 0.102. The highest BCUT2D eigenvalue weighted by Gasteiger charge is 2.26. The fraction of sp³-hybridized carbons (Fsp3) is 0.346. The Labute approximate surface area is 194 Å². The molecular formula is C26H30N4O3. The van der Waals surface area contributed by atoms with E-state index in [4.69, 9.17) is 14.1 Å². The molecule has 1 atom stereocenters. The number of nitrogens with zero attached hydrogens (tertiary/aromatic N) is 4. The van der Waals surface area contributed by atoms with Gasteiger partial charge < -0.3 is 14.1 Å². The van der Waals surface area contributed by atoms with Crippen LogP contribution in [0.1, 0.15) is 60.3 Å². The molecule has 1 aromatic carbocycles. The maximum absolute atomic E-state index is 13.8. The molecule has 3 aromatic heterocycles. The molecular weight excluding hydrogens is 416 g/mol. The maximum Gasteiger partial charge on any atom is 0.254 e. The van der Waals surface area contributed by atoms with Crippen molar-refractivity contribution in [2.45, 2.75) is 46.7 Å². The first-order valence-electron chi connectivity index (χ1n) is 11.1. The van der Waals surface area contributed by atoms with Gasteiger partial charge in [-0.2, -0.15) is 5.10 Å². The zero-order chi connectivity index (χ0) is 23.9. The second-order valence-electron chi connectivity index (χ2n) is 8.64. The number of aromatic nitrogens is 3. The molecule has 0 aliphatic rings. The third kappa shape index (κ3) is 3.99. The summed E-state index contributed by atoms with van der Waals surface area (Å²) in [5, 5.41) is 5.26. The van der Waals surface area contributed by atoms with E-state index >= 15 is 0 Å². The molecule has 1 amide bonds. The number of amides is 1. The number of carbonyl (C=O) groups is 1. The van der Waals surface area contributed by atoms with E-state index in [1.165, 1.54) is 0 Å². The molecule has 4 aromatic rings. The Bertz CT molecular complexity index is 1320. The molecule has 0 saturated heterocycles. The van der Waals surface area contributed by atoms with Gasteiger partial charge in [0.15, 0.2) is 5.65 Å². The smallest absolute Gasteiger partial charge is 0.254 e. The lowest BCUT2D eigenvalue weighted by Gasteiger charge is -2.27. The molecule has 0 N–H and O–H groups in total. The number of furan rings is 1. The van der Waals surface area contributed by atoms with Crippen molar-refractivity contribution in [1.82, 2.24) is 19.7 Å². The van der Waals surface area contributed by atoms with Crippen LogP contribution < -0.4 is 4.74 Å². The Kier molecular flexibility index (Phi) is 5.97. The molecule has 0 aliphatic carbocycles. The van der Waals surface area contributed by atoms with E-state index in [9.17, 15) is 4.79 Å². The number of methoxy groups -OCH3 is 1. The fourth-order valence-corrected chi connectivity index (χ4v) is 4.18. The van der Waals surface area contributed by atoms with Gasteiger partial charge in [0, 0.05) is 24.2 Å². The standard InChI is InChI=1S/C26H30N4O3/c1-15(2)30-25-22(14-27-30)21(13-23(28-25)20-12-16(3)33-18(20)5)26(31)29(6)17(4)19-10-8-9-11-24(19)32-7/h8-15,17H,1-7H3. The van der Waals surface area contributed by atoms with E-state index in [-0.39, 0.29) is 18.0 Å². The number of para-hydroxylation sites is 1. The zero-order valence-electron chi connectivity index (χ0n) is 20.2. The van der Waals surface area contributed by atoms with Gasteiger partial charge in [-0.1, -0.05) is 18.2 Å². The van der Waals surface area contributed by atoms with Crippen molar-refractivity contribution in [3.8, 4) is 17.0 Å². The van der Waals surface area contributed by atoms with Crippen molar-refractivity contribution in [3.05, 3.63) is 65.2 Å². The SMILES string of the molecule is COc1ccccc1C(C)N(C)C(=O)c1cc(-c2cc(C)oc2C)nc2c1cnn2C(C)C. The molecule has 0 spiro atoms. The van der Waals surface area contributed by atoms with E-state index in [0.29, 0.717) is 16.9 Å². The van der Waals surface area contributed by atoms with Crippen LogP contribution in [0, 0.1) is 13.8 Å². The predicted octanol–water partition coefficient (Wildman–Crippen LogP) is 5.73. The van der Waals surface area contributed by atoms with Gasteiger partial charge in [-0.15, -0.1) is 0 Å². The minimum Gasteiger partial charge on any atom is -0.496 e. The number of fused-ring (bicyclic) bond motifs is 1. The van der Waals surface area contributed by atoms with Gasteiger partial charge >= 0.3 is 0 Å². The number of benzene rings is 1. The highest BCUT2D eigenvalue weighted by atomic mass is 16.5. The molecule has 4 rings (SSSR count). The van der Waals surface area contributed by atoms with E-state index in [2.05, 4.69) is 5.10 Å². The van der Waals surface area contributed by atoms with Crippen LogP contribution in [-0.4, -0.2) is 39.7 Å². The lowest BCUT2D eigenvalue weighted by atomic mass is 10.0. The van der Waals surface area contributed by atoms with Gasteiger partial charge in [0.2, 0.25) is 0 Å². The second kappa shape index (κ2) is 8.73. The fourth-order valence-electron chi connectivity index (χ4n) is 4.18. The summed E-state index contributed by atoms with van der Waals surface area (Å²) in [6.07, 6.45) is 1.73. The molecule has 0 saturated carbocycles. The second-order valence-corrected chi connectivity index (χ2v) is 8.64. The molecule has 33 heavy (non-hydrogen) atoms. The number of pyridine rings is 1. The highest BCUT2D eigenvalue weighted by Crippen LogP contribution is 2.33. The maximum atomic E-state index is 13.8. The molecule has 3 heterocycles. The summed E-state index contributed by atoms with van der Waals surface area (Å²) in [6, 6.07) is 11.5. The third-order valence-electron chi connectivity index (χ3n) is 6.09. The molecule has 7 nitrogen and oxygen atoms in total. The van der Waals surface area contributed by atoms with Gasteiger partial charge in [0.05, 0.1) is 36.0 Å². The quantitative estimate of drug-likeness (QED) is 0.378. The first kappa shape index (κ1) is 22.6. The predicted molar refractivity (Wildman–Crippen MR) is 129 cm³/mol. The van der Waals surface area contributed by atoms with Crippen molar-refractivity contribution in [3.63, 3.8) is 0 Å². The summed E-state index contributed by atoms with van der Waals surface area (Å²) in [6.45, 7) is 9.90. The average molecular weight is 447 g/mol. The summed E-state index contributed by atoms with van der Waals surface area (Å²) in [5.41, 5.74) is 3.76. The first-order chi connectivity index (χ1) is 15.7. The average Bonchev–Trinajstić information content (AvgIpc) is 3.39. The van der Waals surface area contributed by atoms with Gasteiger partial charge in [-0.05, 0) is 52.8 Å². The van der Waals surface area contributed by atoms with Crippen LogP contribution in [0.25, 0.3) is 22.3 Å². The number of carbonyl (C=O) groups excluding carboxylic acids is 1. The Morgan fingerprint density at radius 2 is 1.88 bits per heavy atom. The number of rotatable bonds is 6. The third-order valence-corrected chi connectivity index (χ3v) is 6.09. The number of ether oxygens (including phenoxy) is 1. The molecule has 172 valence electrons. The van der Waals surface area contributed by atoms with Crippen LogP contribution >= 0.6 is 0 Å². The largest absolute Gasteiger partial charge is 0.496 e. The van der Waals surface area contributed by atoms with Gasteiger partial charge in [-0.25, -0.2) is 9.67 Å². The molecule has 0 fully saturated rings. The monoisotopic (exact) mass is 446 g/mol. The normalized spacial score (nSPS) is 12.4. The van der Waals surface area contributed by atoms with Gasteiger partial charge in [0.25, 0.3) is 5.91 Å². The summed E-state index contributed by atoms with van der Waals surface area (Å²) in [4.78, 5) is 20.4. The molecule has 0 aliphatic heterocycles. The summed E-state index contributed by atoms with van der Waals surface area (Å²) in [5.74, 6) is 2.21. The molecule has 0 radical (unpaired) electrons. The molecule has 1 unspecified atom stereocenters. The van der Waals surface area contributed by atoms with E-state index in [1.807, 2.05) is 82.7 Å². The van der Waals surface area contributed by atoms with Crippen molar-refractivity contribution in [2.24, 2.45) is 0 Å². The van der Waals surface area contributed by atoms with Crippen LogP contribution in [0.4, 0.5) is 0 Å². The van der Waals surface area contributed by atoms with Crippen LogP contribution in [0.2, 0.25) is 0 Å². The summed E-state index contributed by atoms with van der Waals surface area (Å²) < 4.78 is 13.1. The van der Waals surface area contributed by atoms with E-state index in [0.717, 1.165) is 33.8 Å². The van der Waals surface area contributed by atoms with Crippen LogP contribution in [0.5, 0.6) is 5.75 Å². The van der Waals surface area contributed by atoms with Crippen LogP contribution in [0.15, 0.2) is 47.0 Å². The number of hydrogen-bond acceptors (Lipinski definition) is 5. The Morgan fingerprint density at radius 3 is 2.52 bits per heavy atom. The van der Waals surface area contributed by atoms with Crippen molar-refractivity contribution in [1.29, 1.82) is 0 Å². The van der Waals surface area contributed by atoms with Gasteiger partial charge in [0.1, 0.15) is 17.3 Å². The van der Waals surface area contributed by atoms with Crippen molar-refractivity contribution < 1.29 is 13.9 Å². The molecule has 7 heteroatoms. The minimum atomic E-state index is -0.196. The molecule has 0 bridgehead atoms. The van der Waals surface area contributed by atoms with Crippen LogP contribution in [-0.2, 0) is 0 Å². The summed E-state index contributed by atoms with van der Waals surface area (Å²) in [7, 11) is 3.45. The zero-order valence-corrected chi connectivity index (χ0v) is 20.2. The van der Waals surface area contributed by atoms with E-state index < -0.39 is 0 Å². The lowest BCUT2D eigenvalue weighted by molar-refractivity contribution is 0.0743. The Morgan fingerprint density at radius 1 is 1.15 bits per heavy atom. The van der Waals surface area contributed by atoms with Crippen molar-refractivity contribution >= 4 is 16.9 Å². The first-order valence-corrected chi connectivity index (χ1v) is 11.1. The van der Waals surface area contributed by atoms with Crippen LogP contribution in [0.3, 0.4) is 0 Å².